The number of benzene rings is 2. The molecule has 0 spiro atoms. The molecule has 3 heteroatoms. The Morgan fingerprint density at radius 3 is 2.12 bits per heavy atom. The number of rotatable bonds is 3. The van der Waals surface area contributed by atoms with Crippen molar-refractivity contribution >= 4 is 0 Å². The molecule has 87 valence electrons. The molecule has 0 unspecified atom stereocenters. The maximum absolute atomic E-state index is 13.1. The van der Waals surface area contributed by atoms with Crippen molar-refractivity contribution in [1.82, 2.24) is 0 Å². The van der Waals surface area contributed by atoms with Gasteiger partial charge in [-0.2, -0.15) is 0 Å². The van der Waals surface area contributed by atoms with E-state index < -0.39 is 0 Å². The lowest BCUT2D eigenvalue weighted by Crippen LogP contribution is -1.89. The highest BCUT2D eigenvalue weighted by Gasteiger charge is 2.04. The van der Waals surface area contributed by atoms with Crippen molar-refractivity contribution in [3.63, 3.8) is 0 Å². The van der Waals surface area contributed by atoms with Crippen molar-refractivity contribution in [2.75, 3.05) is 14.2 Å². The number of ether oxygens (including phenoxy) is 2. The lowest BCUT2D eigenvalue weighted by Gasteiger charge is -2.08. The number of hydrogen-bond donors (Lipinski definition) is 0. The first kappa shape index (κ1) is 11.5. The van der Waals surface area contributed by atoms with E-state index >= 15 is 0 Å². The van der Waals surface area contributed by atoms with Crippen LogP contribution in [0.1, 0.15) is 0 Å². The average molecular weight is 231 g/mol. The Balaban J connectivity index is 2.50. The Hall–Kier alpha value is -2.03. The zero-order valence-corrected chi connectivity index (χ0v) is 9.66. The summed E-state index contributed by atoms with van der Waals surface area (Å²) in [5.74, 6) is 0.962. The van der Waals surface area contributed by atoms with Crippen LogP contribution in [0.4, 0.5) is 4.39 Å². The largest absolute Gasteiger partial charge is 0.497 e. The van der Waals surface area contributed by atoms with Crippen LogP contribution in [-0.2, 0) is 0 Å². The Morgan fingerprint density at radius 2 is 1.59 bits per heavy atom. The van der Waals surface area contributed by atoms with Gasteiger partial charge < -0.3 is 9.47 Å². The van der Waals surface area contributed by atoms with Crippen molar-refractivity contribution in [2.24, 2.45) is 0 Å². The Labute approximate surface area is 99.6 Å². The molecule has 0 heterocycles. The van der Waals surface area contributed by atoms with E-state index in [4.69, 9.17) is 9.47 Å². The van der Waals surface area contributed by atoms with Crippen LogP contribution in [0.5, 0.6) is 11.5 Å². The van der Waals surface area contributed by atoms with E-state index in [0.29, 0.717) is 11.5 Å². The zero-order valence-electron chi connectivity index (χ0n) is 9.66. The first-order valence-corrected chi connectivity index (χ1v) is 5.13. The third-order valence-corrected chi connectivity index (χ3v) is 2.45. The van der Waals surface area contributed by atoms with Crippen LogP contribution in [0.3, 0.4) is 0 Å². The van der Waals surface area contributed by atoms with E-state index in [9.17, 15) is 4.39 Å². The fraction of sp³-hybridized carbons (Fsp3) is 0.143. The van der Waals surface area contributed by atoms with Crippen molar-refractivity contribution in [3.05, 3.63) is 48.3 Å². The van der Waals surface area contributed by atoms with Crippen molar-refractivity contribution in [2.45, 2.75) is 0 Å². The van der Waals surface area contributed by atoms with Crippen molar-refractivity contribution in [1.29, 1.82) is 0 Å². The summed E-state index contributed by atoms with van der Waals surface area (Å²) in [6.07, 6.45) is 0. The number of hydrogen-bond acceptors (Lipinski definition) is 2. The van der Waals surface area contributed by atoms with Crippen LogP contribution in [-0.4, -0.2) is 14.2 Å². The molecule has 0 aliphatic carbocycles. The summed E-state index contributed by atoms with van der Waals surface area (Å²) < 4.78 is 23.4. The van der Waals surface area contributed by atoms with Gasteiger partial charge in [0.25, 0.3) is 0 Å². The van der Waals surface area contributed by atoms with Gasteiger partial charge in [0, 0.05) is 12.1 Å². The van der Waals surface area contributed by atoms with Gasteiger partial charge in [-0.1, -0.05) is 12.1 Å². The molecule has 2 aromatic carbocycles. The molecule has 2 rings (SSSR count). The van der Waals surface area contributed by atoms with E-state index in [1.54, 1.807) is 32.4 Å². The lowest BCUT2D eigenvalue weighted by molar-refractivity contribution is 0.394. The van der Waals surface area contributed by atoms with Crippen molar-refractivity contribution < 1.29 is 13.9 Å². The van der Waals surface area contributed by atoms with Crippen LogP contribution < -0.4 is 9.47 Å². The van der Waals surface area contributed by atoms with Gasteiger partial charge in [-0.25, -0.2) is 4.39 Å². The molecule has 0 aliphatic rings. The van der Waals surface area contributed by atoms with Gasteiger partial charge in [-0.15, -0.1) is 0 Å². The molecule has 0 aromatic heterocycles. The molecule has 2 nitrogen and oxygen atoms in total. The molecule has 17 heavy (non-hydrogen) atoms. The minimum absolute atomic E-state index is 0.385. The monoisotopic (exact) mass is 231 g/mol. The zero-order chi connectivity index (χ0) is 12.3. The van der Waals surface area contributed by atoms with Crippen LogP contribution in [0.25, 0.3) is 11.1 Å². The molecule has 0 aliphatic heterocycles. The summed E-state index contributed by atoms with van der Waals surface area (Å²) >= 11 is 0. The van der Waals surface area contributed by atoms with Gasteiger partial charge in [0.2, 0.25) is 0 Å². The summed E-state index contributed by atoms with van der Waals surface area (Å²) in [6.45, 7) is 0. The standard InChI is InChI=1S/C14H12FO2/c1-16-13-7-11(8-14(9-13)17-2)10-4-3-5-12(15)6-10/h3-4,6-9H,1-2H3. The topological polar surface area (TPSA) is 18.5 Å². The highest BCUT2D eigenvalue weighted by molar-refractivity contribution is 5.67. The van der Waals surface area contributed by atoms with Crippen LogP contribution in [0.15, 0.2) is 36.4 Å². The molecule has 0 amide bonds. The fourth-order valence-electron chi connectivity index (χ4n) is 1.59. The molecule has 2 aromatic rings. The quantitative estimate of drug-likeness (QED) is 0.806. The Morgan fingerprint density at radius 1 is 0.941 bits per heavy atom. The molecule has 0 N–H and O–H groups in total. The number of methoxy groups -OCH3 is 2. The fourth-order valence-corrected chi connectivity index (χ4v) is 1.59. The first-order chi connectivity index (χ1) is 8.22. The van der Waals surface area contributed by atoms with E-state index in [0.717, 1.165) is 11.1 Å². The smallest absolute Gasteiger partial charge is 0.131 e. The molecule has 0 saturated heterocycles. The second-order valence-electron chi connectivity index (χ2n) is 3.53. The summed E-state index contributed by atoms with van der Waals surface area (Å²) in [4.78, 5) is 0. The molecular weight excluding hydrogens is 219 g/mol. The number of halogens is 1. The second-order valence-corrected chi connectivity index (χ2v) is 3.53. The molecule has 1 radical (unpaired) electrons. The Bertz CT molecular complexity index is 501. The molecular formula is C14H12FO2. The lowest BCUT2D eigenvalue weighted by atomic mass is 10.1. The Kier molecular flexibility index (Phi) is 3.28. The summed E-state index contributed by atoms with van der Waals surface area (Å²) in [7, 11) is 3.16. The van der Waals surface area contributed by atoms with E-state index in [2.05, 4.69) is 6.07 Å². The second kappa shape index (κ2) is 4.87. The molecule has 0 fully saturated rings. The van der Waals surface area contributed by atoms with Gasteiger partial charge in [0.15, 0.2) is 0 Å². The predicted molar refractivity (Wildman–Crippen MR) is 63.8 cm³/mol. The van der Waals surface area contributed by atoms with Crippen LogP contribution in [0.2, 0.25) is 0 Å². The molecule has 0 bridgehead atoms. The van der Waals surface area contributed by atoms with Gasteiger partial charge >= 0.3 is 0 Å². The summed E-state index contributed by atoms with van der Waals surface area (Å²) in [5.41, 5.74) is 1.60. The van der Waals surface area contributed by atoms with E-state index in [-0.39, 0.29) is 5.82 Å². The third-order valence-electron chi connectivity index (χ3n) is 2.45. The summed E-state index contributed by atoms with van der Waals surface area (Å²) in [5, 5.41) is 0. The van der Waals surface area contributed by atoms with Crippen LogP contribution >= 0.6 is 0 Å². The highest BCUT2D eigenvalue weighted by Crippen LogP contribution is 2.29. The normalized spacial score (nSPS) is 10.1. The van der Waals surface area contributed by atoms with E-state index in [1.165, 1.54) is 6.07 Å². The maximum Gasteiger partial charge on any atom is 0.131 e. The van der Waals surface area contributed by atoms with Gasteiger partial charge in [-0.3, -0.25) is 0 Å². The van der Waals surface area contributed by atoms with E-state index in [1.807, 2.05) is 12.1 Å². The first-order valence-electron chi connectivity index (χ1n) is 5.13. The predicted octanol–water partition coefficient (Wildman–Crippen LogP) is 3.31. The third kappa shape index (κ3) is 2.56. The minimum Gasteiger partial charge on any atom is -0.497 e. The van der Waals surface area contributed by atoms with Crippen molar-refractivity contribution in [3.8, 4) is 22.6 Å². The van der Waals surface area contributed by atoms with Gasteiger partial charge in [0.1, 0.15) is 17.3 Å². The SMILES string of the molecule is COc1cc(OC)cc(-c2cc[c]c(F)c2)c1. The minimum atomic E-state index is -0.385. The van der Waals surface area contributed by atoms with Crippen LogP contribution in [0, 0.1) is 11.9 Å². The van der Waals surface area contributed by atoms with Gasteiger partial charge in [0.05, 0.1) is 14.2 Å². The van der Waals surface area contributed by atoms with Gasteiger partial charge in [-0.05, 0) is 29.3 Å². The maximum atomic E-state index is 13.1. The summed E-state index contributed by atoms with van der Waals surface area (Å²) in [6, 6.07) is 12.7. The average Bonchev–Trinajstić information content (AvgIpc) is 2.38. The highest BCUT2D eigenvalue weighted by atomic mass is 19.1. The molecule has 0 atom stereocenters. The molecule has 0 saturated carbocycles.